The van der Waals surface area contributed by atoms with E-state index in [4.69, 9.17) is 4.74 Å². The van der Waals surface area contributed by atoms with Gasteiger partial charge in [0, 0.05) is 42.8 Å². The number of thiazole rings is 1. The van der Waals surface area contributed by atoms with Crippen LogP contribution in [0.15, 0.2) is 35.7 Å². The van der Waals surface area contributed by atoms with E-state index in [0.29, 0.717) is 54.5 Å². The second-order valence-corrected chi connectivity index (χ2v) is 20.3. The number of nitrogens with zero attached hydrogens (tertiary/aromatic N) is 4. The molecule has 4 atom stereocenters. The van der Waals surface area contributed by atoms with Crippen LogP contribution in [0.2, 0.25) is 0 Å². The molecule has 3 N–H and O–H groups in total. The largest absolute Gasteiger partial charge is 0.488 e. The van der Waals surface area contributed by atoms with E-state index < -0.39 is 72.2 Å². The Hall–Kier alpha value is -4.50. The smallest absolute Gasteiger partial charge is 0.434 e. The van der Waals surface area contributed by atoms with Gasteiger partial charge < -0.3 is 19.9 Å². The molecule has 2 aliphatic heterocycles. The number of benzene rings is 1. The number of carbonyl (C=O) groups is 3. The monoisotopic (exact) mass is 853 g/mol. The van der Waals surface area contributed by atoms with Crippen LogP contribution < -0.4 is 19.5 Å². The number of hydrogen-bond acceptors (Lipinski definition) is 11. The molecule has 1 saturated heterocycles. The summed E-state index contributed by atoms with van der Waals surface area (Å²) < 4.78 is 101. The second-order valence-electron chi connectivity index (χ2n) is 15.5. The fourth-order valence-electron chi connectivity index (χ4n) is 7.22. The summed E-state index contributed by atoms with van der Waals surface area (Å²) in [6.07, 6.45) is 2.08. The maximum atomic E-state index is 14.2. The van der Waals surface area contributed by atoms with Crippen LogP contribution in [0, 0.1) is 12.8 Å². The number of ether oxygens (including phenoxy) is 1. The Morgan fingerprint density at radius 2 is 1.86 bits per heavy atom. The summed E-state index contributed by atoms with van der Waals surface area (Å²) >= 11 is 0.708. The van der Waals surface area contributed by atoms with Gasteiger partial charge in [0.1, 0.15) is 34.1 Å². The number of urea groups is 1. The van der Waals surface area contributed by atoms with Crippen LogP contribution in [0.25, 0.3) is 21.6 Å². The van der Waals surface area contributed by atoms with Crippen LogP contribution in [-0.2, 0) is 35.8 Å². The number of fused-ring (bicyclic) bond motifs is 3. The molecular weight excluding hydrogens is 812 g/mol. The minimum atomic E-state index is -4.71. The average molecular weight is 854 g/mol. The predicted octanol–water partition coefficient (Wildman–Crippen LogP) is 4.54. The van der Waals surface area contributed by atoms with Crippen molar-refractivity contribution in [2.75, 3.05) is 31.1 Å². The quantitative estimate of drug-likeness (QED) is 0.271. The first-order valence-corrected chi connectivity index (χ1v) is 22.6. The van der Waals surface area contributed by atoms with E-state index >= 15 is 0 Å². The van der Waals surface area contributed by atoms with E-state index in [-0.39, 0.29) is 52.9 Å². The lowest BCUT2D eigenvalue weighted by atomic mass is 10.1. The molecule has 3 fully saturated rings. The molecule has 0 unspecified atom stereocenters. The summed E-state index contributed by atoms with van der Waals surface area (Å²) in [7, 11) is -6.13. The topological polar surface area (TPSA) is 197 Å². The number of alkyl halides is 3. The number of aromatic nitrogens is 2. The number of anilines is 1. The van der Waals surface area contributed by atoms with Gasteiger partial charge in [0.25, 0.3) is 5.91 Å². The van der Waals surface area contributed by atoms with Gasteiger partial charge in [-0.25, -0.2) is 31.6 Å². The number of nitrogens with one attached hydrogen (secondary N) is 3. The molecule has 2 aromatic heterocycles. The van der Waals surface area contributed by atoms with Crippen molar-refractivity contribution in [1.82, 2.24) is 29.8 Å². The maximum absolute atomic E-state index is 14.2. The van der Waals surface area contributed by atoms with E-state index in [9.17, 15) is 44.4 Å². The van der Waals surface area contributed by atoms with Crippen LogP contribution in [0.1, 0.15) is 63.1 Å². The van der Waals surface area contributed by atoms with Crippen molar-refractivity contribution in [3.63, 3.8) is 0 Å². The summed E-state index contributed by atoms with van der Waals surface area (Å²) in [4.78, 5) is 53.1. The molecular formula is C36H42F3N7O8S3. The van der Waals surface area contributed by atoms with E-state index in [1.165, 1.54) is 21.9 Å². The summed E-state index contributed by atoms with van der Waals surface area (Å²) in [5.41, 5.74) is -1.94. The number of likely N-dealkylation sites (N-methyl/N-ethyl adjacent to an activating group) is 1. The molecule has 4 heterocycles. The Morgan fingerprint density at radius 1 is 1.12 bits per heavy atom. The number of rotatable bonds is 8. The first kappa shape index (κ1) is 40.7. The minimum Gasteiger partial charge on any atom is -0.488 e. The SMILES string of the molecule is Cc1c(NS(C)(=O)=O)ccc2c(O[C@H]3C[C@H]4C(=O)N(C)CCCC/C=C\[C@@H]5C[C@@]5(C(=O)NS(=O)(=O)C5(C)CC5)NC(=O)N4C3)cc(-c3nc(C(F)(F)F)cs3)nc12. The summed E-state index contributed by atoms with van der Waals surface area (Å²) in [6, 6.07) is 2.61. The van der Waals surface area contributed by atoms with Crippen LogP contribution in [-0.4, -0.2) is 103 Å². The molecule has 15 nitrogen and oxygen atoms in total. The third-order valence-corrected chi connectivity index (χ3v) is 14.7. The number of sulfonamides is 2. The lowest BCUT2D eigenvalue weighted by Gasteiger charge is -2.30. The normalized spacial score (nSPS) is 25.8. The van der Waals surface area contributed by atoms with Crippen molar-refractivity contribution in [2.45, 2.75) is 87.4 Å². The van der Waals surface area contributed by atoms with Crippen molar-refractivity contribution >= 4 is 65.8 Å². The lowest BCUT2D eigenvalue weighted by molar-refractivity contribution is -0.140. The number of aryl methyl sites for hydroxylation is 1. The Kier molecular flexibility index (Phi) is 10.3. The van der Waals surface area contributed by atoms with Gasteiger partial charge in [-0.1, -0.05) is 12.2 Å². The zero-order chi connectivity index (χ0) is 41.3. The van der Waals surface area contributed by atoms with Crippen molar-refractivity contribution < 1.29 is 49.1 Å². The van der Waals surface area contributed by atoms with Gasteiger partial charge in [-0.05, 0) is 70.1 Å². The Labute approximate surface area is 331 Å². The molecule has 4 amide bonds. The molecule has 0 spiro atoms. The molecule has 1 aromatic carbocycles. The third-order valence-electron chi connectivity index (χ3n) is 11.0. The van der Waals surface area contributed by atoms with Crippen molar-refractivity contribution in [3.8, 4) is 16.5 Å². The van der Waals surface area contributed by atoms with Gasteiger partial charge in [-0.3, -0.25) is 19.0 Å². The minimum absolute atomic E-state index is 0.00677. The number of halogens is 3. The van der Waals surface area contributed by atoms with Gasteiger partial charge in [-0.15, -0.1) is 11.3 Å². The van der Waals surface area contributed by atoms with E-state index in [1.807, 2.05) is 12.2 Å². The zero-order valence-corrected chi connectivity index (χ0v) is 33.9. The van der Waals surface area contributed by atoms with Crippen LogP contribution in [0.3, 0.4) is 0 Å². The number of hydrogen-bond donors (Lipinski definition) is 3. The van der Waals surface area contributed by atoms with E-state index in [2.05, 4.69) is 24.7 Å². The van der Waals surface area contributed by atoms with Crippen molar-refractivity contribution in [2.24, 2.45) is 5.92 Å². The second kappa shape index (κ2) is 14.4. The standard InChI is InChI=1S/C36H42F3N7O8S3/c1-20-24(43-56(4,50)51)11-10-23-27(16-25(40-29(20)23)30-41-28(19-55-30)36(37,38)39)54-22-15-26-31(47)45(3)14-8-6-5-7-9-21-17-35(21,42-33(49)46(26)18-22)32(48)44-57(52,53)34(2)12-13-34/h7,9-11,16,19,21-22,26,43H,5-6,8,12-15,17-18H2,1-4H3,(H,42,49)(H,44,48)/b9-7-/t21-,22+,26+,35-/m1/s1. The highest BCUT2D eigenvalue weighted by Crippen LogP contribution is 2.48. The number of allylic oxidation sites excluding steroid dienone is 1. The van der Waals surface area contributed by atoms with Crippen LogP contribution in [0.5, 0.6) is 5.75 Å². The third kappa shape index (κ3) is 8.14. The van der Waals surface area contributed by atoms with Gasteiger partial charge in [0.2, 0.25) is 26.0 Å². The first-order chi connectivity index (χ1) is 26.6. The molecule has 308 valence electrons. The van der Waals surface area contributed by atoms with Gasteiger partial charge in [0.15, 0.2) is 5.69 Å². The number of pyridine rings is 1. The average Bonchev–Trinajstić information content (AvgIpc) is 3.88. The highest BCUT2D eigenvalue weighted by molar-refractivity contribution is 7.92. The molecule has 0 radical (unpaired) electrons. The number of amides is 4. The molecule has 21 heteroatoms. The van der Waals surface area contributed by atoms with Gasteiger partial charge in [-0.2, -0.15) is 13.2 Å². The highest BCUT2D eigenvalue weighted by Gasteiger charge is 2.63. The maximum Gasteiger partial charge on any atom is 0.434 e. The van der Waals surface area contributed by atoms with E-state index in [0.717, 1.165) is 18.1 Å². The summed E-state index contributed by atoms with van der Waals surface area (Å²) in [6.45, 7) is 3.38. The Bertz CT molecular complexity index is 2400. The Morgan fingerprint density at radius 3 is 2.53 bits per heavy atom. The van der Waals surface area contributed by atoms with E-state index in [1.54, 1.807) is 27.0 Å². The van der Waals surface area contributed by atoms with Crippen LogP contribution >= 0.6 is 11.3 Å². The van der Waals surface area contributed by atoms with Gasteiger partial charge in [0.05, 0.1) is 28.8 Å². The zero-order valence-electron chi connectivity index (χ0n) is 31.5. The van der Waals surface area contributed by atoms with Gasteiger partial charge >= 0.3 is 12.2 Å². The highest BCUT2D eigenvalue weighted by atomic mass is 32.2. The predicted molar refractivity (Wildman–Crippen MR) is 205 cm³/mol. The fraction of sp³-hybridized carbons (Fsp3) is 0.528. The molecule has 3 aromatic rings. The fourth-order valence-corrected chi connectivity index (χ4v) is 9.94. The molecule has 4 aliphatic rings. The van der Waals surface area contributed by atoms with Crippen molar-refractivity contribution in [3.05, 3.63) is 47.0 Å². The molecule has 7 rings (SSSR count). The number of carbonyl (C=O) groups excluding carboxylic acids is 3. The molecule has 2 saturated carbocycles. The lowest BCUT2D eigenvalue weighted by Crippen LogP contribution is -2.58. The summed E-state index contributed by atoms with van der Waals surface area (Å²) in [5.74, 6) is -1.60. The Balaban J connectivity index is 1.23. The molecule has 2 aliphatic carbocycles. The van der Waals surface area contributed by atoms with Crippen molar-refractivity contribution in [1.29, 1.82) is 0 Å². The molecule has 0 bridgehead atoms. The molecule has 57 heavy (non-hydrogen) atoms. The van der Waals surface area contributed by atoms with Crippen LogP contribution in [0.4, 0.5) is 23.7 Å². The first-order valence-electron chi connectivity index (χ1n) is 18.3. The summed E-state index contributed by atoms with van der Waals surface area (Å²) in [5, 5.41) is 3.93.